The van der Waals surface area contributed by atoms with Crippen molar-refractivity contribution in [1.29, 1.82) is 0 Å². The summed E-state index contributed by atoms with van der Waals surface area (Å²) in [6, 6.07) is 25.1. The van der Waals surface area contributed by atoms with Gasteiger partial charge in [-0.3, -0.25) is 0 Å². The van der Waals surface area contributed by atoms with Crippen molar-refractivity contribution in [2.75, 3.05) is 11.9 Å². The van der Waals surface area contributed by atoms with Crippen LogP contribution >= 0.6 is 0 Å². The summed E-state index contributed by atoms with van der Waals surface area (Å²) < 4.78 is 19.3. The Morgan fingerprint density at radius 2 is 1.71 bits per heavy atom. The zero-order chi connectivity index (χ0) is 24.0. The van der Waals surface area contributed by atoms with Gasteiger partial charge in [-0.1, -0.05) is 72.3 Å². The highest BCUT2D eigenvalue weighted by molar-refractivity contribution is 5.54. The molecule has 3 aromatic carbocycles. The quantitative estimate of drug-likeness (QED) is 0.351. The molecule has 0 fully saturated rings. The fourth-order valence-electron chi connectivity index (χ4n) is 4.23. The van der Waals surface area contributed by atoms with Gasteiger partial charge in [0.25, 0.3) is 0 Å². The van der Waals surface area contributed by atoms with Crippen molar-refractivity contribution in [3.63, 3.8) is 0 Å². The summed E-state index contributed by atoms with van der Waals surface area (Å²) in [5.74, 6) is 0.842. The molecule has 34 heavy (non-hydrogen) atoms. The van der Waals surface area contributed by atoms with Gasteiger partial charge in [-0.15, -0.1) is 0 Å². The molecule has 178 valence electrons. The zero-order valence-electron chi connectivity index (χ0n) is 20.6. The van der Waals surface area contributed by atoms with Crippen LogP contribution in [0.25, 0.3) is 0 Å². The van der Waals surface area contributed by atoms with Crippen molar-refractivity contribution in [2.24, 2.45) is 0 Å². The van der Waals surface area contributed by atoms with Crippen LogP contribution in [0.1, 0.15) is 49.1 Å². The molecule has 0 amide bonds. The van der Waals surface area contributed by atoms with E-state index in [1.807, 2.05) is 43.3 Å². The van der Waals surface area contributed by atoms with Crippen LogP contribution in [-0.2, 0) is 22.6 Å². The molecule has 0 saturated carbocycles. The van der Waals surface area contributed by atoms with Gasteiger partial charge >= 0.3 is 0 Å². The summed E-state index contributed by atoms with van der Waals surface area (Å²) in [5.41, 5.74) is 5.14. The number of hydrogen-bond acceptors (Lipinski definition) is 4. The number of hydrogen-bond donors (Lipinski definition) is 1. The van der Waals surface area contributed by atoms with E-state index in [1.165, 1.54) is 11.1 Å². The maximum atomic E-state index is 6.55. The zero-order valence-corrected chi connectivity index (χ0v) is 20.6. The first-order valence-corrected chi connectivity index (χ1v) is 12.0. The number of nitrogens with one attached hydrogen (secondary N) is 1. The maximum Gasteiger partial charge on any atom is 0.132 e. The monoisotopic (exact) mass is 457 g/mol. The summed E-state index contributed by atoms with van der Waals surface area (Å²) in [7, 11) is 0. The molecule has 0 radical (unpaired) electrons. The first-order valence-electron chi connectivity index (χ1n) is 12.0. The molecule has 0 aromatic heterocycles. The van der Waals surface area contributed by atoms with Gasteiger partial charge in [-0.05, 0) is 57.0 Å². The molecule has 1 N–H and O–H groups in total. The van der Waals surface area contributed by atoms with E-state index in [2.05, 4.69) is 74.6 Å². The Bertz CT molecular complexity index is 1090. The molecule has 1 aliphatic heterocycles. The van der Waals surface area contributed by atoms with E-state index in [1.54, 1.807) is 0 Å². The maximum absolute atomic E-state index is 6.55. The number of fused-ring (bicyclic) bond motifs is 1. The molecule has 0 saturated heterocycles. The number of rotatable bonds is 9. The summed E-state index contributed by atoms with van der Waals surface area (Å²) >= 11 is 0. The van der Waals surface area contributed by atoms with Crippen LogP contribution in [0, 0.1) is 6.92 Å². The number of benzene rings is 3. The lowest BCUT2D eigenvalue weighted by Crippen LogP contribution is -2.51. The second-order valence-corrected chi connectivity index (χ2v) is 9.34. The Kier molecular flexibility index (Phi) is 7.71. The van der Waals surface area contributed by atoms with Crippen LogP contribution in [0.4, 0.5) is 5.69 Å². The largest absolute Gasteiger partial charge is 0.485 e. The lowest BCUT2D eigenvalue weighted by Gasteiger charge is -2.44. The topological polar surface area (TPSA) is 39.7 Å². The average molecular weight is 458 g/mol. The van der Waals surface area contributed by atoms with E-state index in [0.717, 1.165) is 29.1 Å². The molecular weight excluding hydrogens is 422 g/mol. The van der Waals surface area contributed by atoms with Crippen molar-refractivity contribution < 1.29 is 14.2 Å². The highest BCUT2D eigenvalue weighted by Gasteiger charge is 2.45. The van der Waals surface area contributed by atoms with Crippen molar-refractivity contribution in [3.8, 4) is 5.75 Å². The average Bonchev–Trinajstić information content (AvgIpc) is 2.84. The number of anilines is 1. The fraction of sp³-hybridized carbons (Fsp3) is 0.333. The summed E-state index contributed by atoms with van der Waals surface area (Å²) in [6.45, 7) is 10.0. The van der Waals surface area contributed by atoms with Gasteiger partial charge in [0.05, 0.1) is 13.2 Å². The van der Waals surface area contributed by atoms with E-state index in [4.69, 9.17) is 14.2 Å². The fourth-order valence-corrected chi connectivity index (χ4v) is 4.23. The second-order valence-electron chi connectivity index (χ2n) is 9.34. The SMILES string of the molecule is C/C=C/COC1C(OCc2ccccc2)c2cc(NCc3ccc(C)cc3)ccc2OC1(C)C. The van der Waals surface area contributed by atoms with E-state index in [-0.39, 0.29) is 12.2 Å². The third kappa shape index (κ3) is 5.88. The predicted octanol–water partition coefficient (Wildman–Crippen LogP) is 7.00. The smallest absolute Gasteiger partial charge is 0.132 e. The lowest BCUT2D eigenvalue weighted by atomic mass is 9.87. The third-order valence-corrected chi connectivity index (χ3v) is 6.15. The van der Waals surface area contributed by atoms with E-state index in [9.17, 15) is 0 Å². The van der Waals surface area contributed by atoms with Crippen LogP contribution in [0.2, 0.25) is 0 Å². The van der Waals surface area contributed by atoms with Crippen LogP contribution in [0.3, 0.4) is 0 Å². The van der Waals surface area contributed by atoms with Crippen LogP contribution in [0.15, 0.2) is 84.9 Å². The normalized spacial score (nSPS) is 18.9. The molecule has 4 rings (SSSR count). The van der Waals surface area contributed by atoms with Crippen molar-refractivity contribution in [1.82, 2.24) is 0 Å². The van der Waals surface area contributed by atoms with Crippen molar-refractivity contribution in [3.05, 3.63) is 107 Å². The highest BCUT2D eigenvalue weighted by Crippen LogP contribution is 2.44. The minimum absolute atomic E-state index is 0.257. The molecule has 0 bridgehead atoms. The first kappa shape index (κ1) is 24.1. The van der Waals surface area contributed by atoms with Crippen LogP contribution in [-0.4, -0.2) is 18.3 Å². The van der Waals surface area contributed by atoms with E-state index in [0.29, 0.717) is 13.2 Å². The Morgan fingerprint density at radius 3 is 2.44 bits per heavy atom. The van der Waals surface area contributed by atoms with Gasteiger partial charge < -0.3 is 19.5 Å². The predicted molar refractivity (Wildman–Crippen MR) is 138 cm³/mol. The molecule has 2 atom stereocenters. The molecule has 4 heteroatoms. The highest BCUT2D eigenvalue weighted by atomic mass is 16.6. The lowest BCUT2D eigenvalue weighted by molar-refractivity contribution is -0.161. The van der Waals surface area contributed by atoms with Gasteiger partial charge in [-0.25, -0.2) is 0 Å². The Morgan fingerprint density at radius 1 is 0.941 bits per heavy atom. The minimum Gasteiger partial charge on any atom is -0.485 e. The summed E-state index contributed by atoms with van der Waals surface area (Å²) in [4.78, 5) is 0. The Balaban J connectivity index is 1.60. The van der Waals surface area contributed by atoms with Gasteiger partial charge in [0.15, 0.2) is 0 Å². The molecule has 1 heterocycles. The van der Waals surface area contributed by atoms with Gasteiger partial charge in [-0.2, -0.15) is 0 Å². The molecule has 3 aromatic rings. The standard InChI is InChI=1S/C30H35NO3/c1-5-6-18-32-29-28(33-21-24-10-8-7-9-11-24)26-19-25(16-17-27(26)34-30(29,3)4)31-20-23-14-12-22(2)13-15-23/h5-17,19,28-29,31H,18,20-21H2,1-4H3/b6-5+. The van der Waals surface area contributed by atoms with Crippen molar-refractivity contribution in [2.45, 2.75) is 58.7 Å². The number of ether oxygens (including phenoxy) is 3. The first-order chi connectivity index (χ1) is 16.5. The summed E-state index contributed by atoms with van der Waals surface area (Å²) in [5, 5.41) is 3.55. The number of aryl methyl sites for hydroxylation is 1. The van der Waals surface area contributed by atoms with E-state index >= 15 is 0 Å². The number of allylic oxidation sites excluding steroid dienone is 1. The Hall–Kier alpha value is -3.08. The van der Waals surface area contributed by atoms with Gasteiger partial charge in [0.1, 0.15) is 23.6 Å². The van der Waals surface area contributed by atoms with E-state index < -0.39 is 5.60 Å². The third-order valence-electron chi connectivity index (χ3n) is 6.15. The van der Waals surface area contributed by atoms with Gasteiger partial charge in [0.2, 0.25) is 0 Å². The van der Waals surface area contributed by atoms with Gasteiger partial charge in [0, 0.05) is 17.8 Å². The van der Waals surface area contributed by atoms with Crippen LogP contribution < -0.4 is 10.1 Å². The Labute approximate surface area is 203 Å². The minimum atomic E-state index is -0.535. The molecule has 1 aliphatic rings. The molecule has 0 aliphatic carbocycles. The summed E-state index contributed by atoms with van der Waals surface area (Å²) in [6.07, 6.45) is 3.49. The molecule has 4 nitrogen and oxygen atoms in total. The molecule has 2 unspecified atom stereocenters. The van der Waals surface area contributed by atoms with Crippen LogP contribution in [0.5, 0.6) is 5.75 Å². The second kappa shape index (κ2) is 10.9. The van der Waals surface area contributed by atoms with Crippen molar-refractivity contribution >= 4 is 5.69 Å². The molecular formula is C30H35NO3. The molecule has 0 spiro atoms.